The van der Waals surface area contributed by atoms with Crippen molar-refractivity contribution in [2.45, 2.75) is 25.9 Å². The number of piperazine rings is 1. The zero-order valence-electron chi connectivity index (χ0n) is 13.0. The van der Waals surface area contributed by atoms with Gasteiger partial charge in [-0.3, -0.25) is 4.90 Å². The Labute approximate surface area is 122 Å². The fraction of sp³-hybridized carbons (Fsp3) is 0.625. The summed E-state index contributed by atoms with van der Waals surface area (Å²) in [5.74, 6) is 0. The average Bonchev–Trinajstić information content (AvgIpc) is 2.41. The summed E-state index contributed by atoms with van der Waals surface area (Å²) >= 11 is 0. The maximum absolute atomic E-state index is 5.97. The number of nitrogen functional groups attached to an aromatic ring is 1. The normalized spacial score (nSPS) is 18.4. The lowest BCUT2D eigenvalue weighted by Gasteiger charge is -2.43. The lowest BCUT2D eigenvalue weighted by molar-refractivity contribution is 0.0618. The van der Waals surface area contributed by atoms with Gasteiger partial charge in [0.1, 0.15) is 0 Å². The molecule has 0 radical (unpaired) electrons. The van der Waals surface area contributed by atoms with E-state index >= 15 is 0 Å². The number of likely N-dealkylation sites (N-methyl/N-ethyl adjacent to an activating group) is 1. The predicted octanol–water partition coefficient (Wildman–Crippen LogP) is 1.38. The van der Waals surface area contributed by atoms with Gasteiger partial charge in [-0.05, 0) is 32.5 Å². The molecule has 1 aromatic rings. The summed E-state index contributed by atoms with van der Waals surface area (Å²) in [6.07, 6.45) is 0. The molecule has 1 heterocycles. The first kappa shape index (κ1) is 15.3. The monoisotopic (exact) mass is 276 g/mol. The third-order valence-electron chi connectivity index (χ3n) is 4.29. The smallest absolute Gasteiger partial charge is 0.0359 e. The first-order valence-electron chi connectivity index (χ1n) is 7.47. The Morgan fingerprint density at radius 3 is 2.45 bits per heavy atom. The summed E-state index contributed by atoms with van der Waals surface area (Å²) < 4.78 is 0. The minimum atomic E-state index is 0.185. The van der Waals surface area contributed by atoms with Gasteiger partial charge >= 0.3 is 0 Å². The lowest BCUT2D eigenvalue weighted by Crippen LogP contribution is -2.57. The van der Waals surface area contributed by atoms with Crippen molar-refractivity contribution in [2.24, 2.45) is 0 Å². The molecule has 1 aromatic carbocycles. The fourth-order valence-corrected chi connectivity index (χ4v) is 2.72. The zero-order valence-corrected chi connectivity index (χ0v) is 13.0. The van der Waals surface area contributed by atoms with Crippen LogP contribution in [0.4, 0.5) is 5.69 Å². The highest BCUT2D eigenvalue weighted by atomic mass is 15.3. The van der Waals surface area contributed by atoms with Gasteiger partial charge in [-0.15, -0.1) is 0 Å². The van der Waals surface area contributed by atoms with Crippen molar-refractivity contribution in [3.63, 3.8) is 0 Å². The van der Waals surface area contributed by atoms with E-state index in [9.17, 15) is 0 Å². The summed E-state index contributed by atoms with van der Waals surface area (Å²) in [6, 6.07) is 8.07. The molecule has 0 unspecified atom stereocenters. The first-order valence-corrected chi connectivity index (χ1v) is 7.47. The van der Waals surface area contributed by atoms with Gasteiger partial charge in [0.05, 0.1) is 0 Å². The van der Waals surface area contributed by atoms with Crippen LogP contribution < -0.4 is 11.1 Å². The summed E-state index contributed by atoms with van der Waals surface area (Å²) in [5.41, 5.74) is 8.21. The molecule has 1 fully saturated rings. The van der Waals surface area contributed by atoms with Crippen LogP contribution in [0.5, 0.6) is 0 Å². The van der Waals surface area contributed by atoms with E-state index in [-0.39, 0.29) is 5.54 Å². The molecule has 1 aliphatic heterocycles. The van der Waals surface area contributed by atoms with Crippen molar-refractivity contribution in [1.29, 1.82) is 0 Å². The van der Waals surface area contributed by atoms with Gasteiger partial charge in [-0.25, -0.2) is 0 Å². The van der Waals surface area contributed by atoms with E-state index in [1.807, 2.05) is 18.2 Å². The van der Waals surface area contributed by atoms with Gasteiger partial charge in [0.2, 0.25) is 0 Å². The summed E-state index contributed by atoms with van der Waals surface area (Å²) in [5, 5.41) is 3.56. The van der Waals surface area contributed by atoms with E-state index in [0.29, 0.717) is 0 Å². The highest BCUT2D eigenvalue weighted by molar-refractivity contribution is 5.46. The molecule has 2 rings (SSSR count). The number of nitrogens with zero attached hydrogens (tertiary/aromatic N) is 2. The highest BCUT2D eigenvalue weighted by Gasteiger charge is 2.28. The molecule has 0 spiro atoms. The maximum atomic E-state index is 5.97. The molecule has 0 aromatic heterocycles. The number of para-hydroxylation sites is 1. The fourth-order valence-electron chi connectivity index (χ4n) is 2.72. The van der Waals surface area contributed by atoms with Gasteiger partial charge in [0.25, 0.3) is 0 Å². The van der Waals surface area contributed by atoms with Crippen LogP contribution in [0.25, 0.3) is 0 Å². The van der Waals surface area contributed by atoms with Crippen LogP contribution in [0.15, 0.2) is 24.3 Å². The van der Waals surface area contributed by atoms with Crippen molar-refractivity contribution >= 4 is 5.69 Å². The van der Waals surface area contributed by atoms with E-state index in [0.717, 1.165) is 45.0 Å². The molecule has 4 nitrogen and oxygen atoms in total. The van der Waals surface area contributed by atoms with Gasteiger partial charge in [-0.2, -0.15) is 0 Å². The van der Waals surface area contributed by atoms with E-state index in [1.54, 1.807) is 0 Å². The number of hydrogen-bond donors (Lipinski definition) is 2. The Kier molecular flexibility index (Phi) is 5.02. The molecular weight excluding hydrogens is 248 g/mol. The van der Waals surface area contributed by atoms with E-state index < -0.39 is 0 Å². The van der Waals surface area contributed by atoms with Crippen molar-refractivity contribution in [3.05, 3.63) is 29.8 Å². The first-order chi connectivity index (χ1) is 9.49. The molecule has 0 bridgehead atoms. The van der Waals surface area contributed by atoms with Crippen LogP contribution in [-0.4, -0.2) is 55.1 Å². The van der Waals surface area contributed by atoms with Crippen LogP contribution in [0.1, 0.15) is 19.4 Å². The third kappa shape index (κ3) is 3.95. The number of benzene rings is 1. The molecule has 1 saturated heterocycles. The lowest BCUT2D eigenvalue weighted by atomic mass is 10.0. The summed E-state index contributed by atoms with van der Waals surface area (Å²) in [6.45, 7) is 11.1. The van der Waals surface area contributed by atoms with Crippen molar-refractivity contribution < 1.29 is 0 Å². The minimum Gasteiger partial charge on any atom is -0.398 e. The van der Waals surface area contributed by atoms with Crippen LogP contribution >= 0.6 is 0 Å². The Morgan fingerprint density at radius 1 is 1.15 bits per heavy atom. The standard InChI is InChI=1S/C16H28N4/c1-16(2,20-10-8-19(3)9-11-20)13-18-12-14-6-4-5-7-15(14)17/h4-7,18H,8-13,17H2,1-3H3. The van der Waals surface area contributed by atoms with Gasteiger partial charge < -0.3 is 16.0 Å². The summed E-state index contributed by atoms with van der Waals surface area (Å²) in [7, 11) is 2.20. The van der Waals surface area contributed by atoms with Gasteiger partial charge in [0, 0.05) is 50.5 Å². The second-order valence-corrected chi connectivity index (χ2v) is 6.41. The molecule has 20 heavy (non-hydrogen) atoms. The second kappa shape index (κ2) is 6.57. The average molecular weight is 276 g/mol. The van der Waals surface area contributed by atoms with Crippen molar-refractivity contribution in [2.75, 3.05) is 45.5 Å². The number of hydrogen-bond acceptors (Lipinski definition) is 4. The second-order valence-electron chi connectivity index (χ2n) is 6.41. The van der Waals surface area contributed by atoms with Crippen molar-refractivity contribution in [1.82, 2.24) is 15.1 Å². The van der Waals surface area contributed by atoms with Crippen molar-refractivity contribution in [3.8, 4) is 0 Å². The molecule has 0 amide bonds. The molecule has 112 valence electrons. The van der Waals surface area contributed by atoms with Gasteiger partial charge in [0.15, 0.2) is 0 Å². The van der Waals surface area contributed by atoms with Crippen LogP contribution in [0, 0.1) is 0 Å². The Hall–Kier alpha value is -1.10. The van der Waals surface area contributed by atoms with E-state index in [2.05, 4.69) is 42.1 Å². The van der Waals surface area contributed by atoms with E-state index in [4.69, 9.17) is 5.73 Å². The van der Waals surface area contributed by atoms with E-state index in [1.165, 1.54) is 5.56 Å². The third-order valence-corrected chi connectivity index (χ3v) is 4.29. The molecule has 0 atom stereocenters. The minimum absolute atomic E-state index is 0.185. The number of nitrogens with two attached hydrogens (primary N) is 1. The van der Waals surface area contributed by atoms with Gasteiger partial charge in [-0.1, -0.05) is 18.2 Å². The Bertz CT molecular complexity index is 422. The molecular formula is C16H28N4. The number of rotatable bonds is 5. The number of anilines is 1. The molecule has 0 aliphatic carbocycles. The molecule has 4 heteroatoms. The molecule has 3 N–H and O–H groups in total. The SMILES string of the molecule is CN1CCN(C(C)(C)CNCc2ccccc2N)CC1. The van der Waals surface area contributed by atoms with Crippen LogP contribution in [0.2, 0.25) is 0 Å². The highest BCUT2D eigenvalue weighted by Crippen LogP contribution is 2.16. The topological polar surface area (TPSA) is 44.5 Å². The maximum Gasteiger partial charge on any atom is 0.0359 e. The Morgan fingerprint density at radius 2 is 1.80 bits per heavy atom. The van der Waals surface area contributed by atoms with Crippen LogP contribution in [0.3, 0.4) is 0 Å². The Balaban J connectivity index is 1.82. The predicted molar refractivity (Wildman–Crippen MR) is 85.7 cm³/mol. The molecule has 0 saturated carbocycles. The zero-order chi connectivity index (χ0) is 14.6. The quantitative estimate of drug-likeness (QED) is 0.798. The molecule has 1 aliphatic rings. The summed E-state index contributed by atoms with van der Waals surface area (Å²) in [4.78, 5) is 4.97. The van der Waals surface area contributed by atoms with Crippen LogP contribution in [-0.2, 0) is 6.54 Å². The number of nitrogens with one attached hydrogen (secondary N) is 1. The largest absolute Gasteiger partial charge is 0.398 e.